The van der Waals surface area contributed by atoms with E-state index in [9.17, 15) is 9.59 Å². The van der Waals surface area contributed by atoms with Crippen molar-refractivity contribution >= 4 is 34.3 Å². The number of fused-ring (bicyclic) bond motifs is 2. The average molecular weight is 491 g/mol. The highest BCUT2D eigenvalue weighted by atomic mass is 35.5. The van der Waals surface area contributed by atoms with E-state index >= 15 is 0 Å². The molecule has 4 aromatic rings. The molecular weight excluding hydrogens is 468 g/mol. The van der Waals surface area contributed by atoms with E-state index in [-0.39, 0.29) is 24.5 Å². The zero-order chi connectivity index (χ0) is 23.9. The molecule has 0 bridgehead atoms. The number of ether oxygens (including phenoxy) is 1. The van der Waals surface area contributed by atoms with E-state index in [2.05, 4.69) is 15.3 Å². The highest BCUT2D eigenvalue weighted by molar-refractivity contribution is 6.30. The van der Waals surface area contributed by atoms with Gasteiger partial charge in [-0.05, 0) is 41.3 Å². The van der Waals surface area contributed by atoms with Crippen molar-refractivity contribution in [3.63, 3.8) is 0 Å². The number of hydrogen-bond donors (Lipinski definition) is 1. The monoisotopic (exact) mass is 490 g/mol. The molecule has 0 aliphatic carbocycles. The number of H-pyrrole nitrogens is 1. The third kappa shape index (κ3) is 4.06. The molecule has 0 saturated carbocycles. The van der Waals surface area contributed by atoms with Crippen LogP contribution in [0.25, 0.3) is 10.9 Å². The normalized spacial score (nSPS) is 18.0. The summed E-state index contributed by atoms with van der Waals surface area (Å²) >= 11 is 5.98. The van der Waals surface area contributed by atoms with Crippen LogP contribution in [0, 0.1) is 0 Å². The van der Waals surface area contributed by atoms with Crippen LogP contribution in [-0.4, -0.2) is 67.8 Å². The van der Waals surface area contributed by atoms with Crippen LogP contribution in [0.15, 0.2) is 54.7 Å². The molecular formula is C25H23ClN6O3. The largest absolute Gasteiger partial charge is 0.365 e. The van der Waals surface area contributed by atoms with Crippen molar-refractivity contribution in [2.75, 3.05) is 26.2 Å². The summed E-state index contributed by atoms with van der Waals surface area (Å²) in [6.07, 6.45) is 1.68. The number of halogens is 1. The Kier molecular flexibility index (Phi) is 5.50. The van der Waals surface area contributed by atoms with E-state index in [0.29, 0.717) is 54.7 Å². The molecule has 1 fully saturated rings. The summed E-state index contributed by atoms with van der Waals surface area (Å²) in [5.74, 6) is -0.212. The summed E-state index contributed by atoms with van der Waals surface area (Å²) < 4.78 is 7.76. The summed E-state index contributed by atoms with van der Waals surface area (Å²) in [6.45, 7) is 2.54. The molecule has 178 valence electrons. The minimum atomic E-state index is -0.181. The highest BCUT2D eigenvalue weighted by Gasteiger charge is 2.32. The standard InChI is InChI=1S/C25H23ClN6O3/c26-19-5-3-17(4-6-19)22-14-32-21(15-35-22)23(28-29-32)25(34)31-11-9-30(10-12-31)24(33)18-2-1-16-7-8-27-20(16)13-18/h1-8,13,22,27H,9-12,14-15H2/t22-/m1/s1. The molecule has 2 aromatic heterocycles. The molecule has 4 heterocycles. The second-order valence-electron chi connectivity index (χ2n) is 8.78. The number of hydrogen-bond acceptors (Lipinski definition) is 5. The van der Waals surface area contributed by atoms with Gasteiger partial charge >= 0.3 is 0 Å². The Balaban J connectivity index is 1.10. The molecule has 2 aliphatic rings. The van der Waals surface area contributed by atoms with Crippen molar-refractivity contribution in [1.82, 2.24) is 29.8 Å². The summed E-state index contributed by atoms with van der Waals surface area (Å²) in [7, 11) is 0. The van der Waals surface area contributed by atoms with Crippen LogP contribution in [0.5, 0.6) is 0 Å². The fraction of sp³-hybridized carbons (Fsp3) is 0.280. The van der Waals surface area contributed by atoms with Gasteiger partial charge in [0.05, 0.1) is 18.8 Å². The molecule has 6 rings (SSSR count). The Labute approximate surface area is 206 Å². The maximum atomic E-state index is 13.2. The van der Waals surface area contributed by atoms with Crippen LogP contribution in [-0.2, 0) is 17.9 Å². The minimum Gasteiger partial charge on any atom is -0.365 e. The quantitative estimate of drug-likeness (QED) is 0.475. The first-order chi connectivity index (χ1) is 17.1. The Morgan fingerprint density at radius 3 is 2.49 bits per heavy atom. The third-order valence-corrected chi connectivity index (χ3v) is 6.95. The molecule has 2 aliphatic heterocycles. The Hall–Kier alpha value is -3.69. The second kappa shape index (κ2) is 8.83. The van der Waals surface area contributed by atoms with Crippen molar-refractivity contribution in [3.05, 3.63) is 82.3 Å². The summed E-state index contributed by atoms with van der Waals surface area (Å²) in [6, 6.07) is 15.1. The molecule has 9 nitrogen and oxygen atoms in total. The van der Waals surface area contributed by atoms with E-state index in [4.69, 9.17) is 16.3 Å². The summed E-state index contributed by atoms with van der Waals surface area (Å²) in [4.78, 5) is 32.9. The van der Waals surface area contributed by atoms with Crippen LogP contribution in [0.1, 0.15) is 38.2 Å². The van der Waals surface area contributed by atoms with Crippen LogP contribution < -0.4 is 0 Å². The van der Waals surface area contributed by atoms with Crippen LogP contribution in [0.2, 0.25) is 5.02 Å². The lowest BCUT2D eigenvalue weighted by atomic mass is 10.1. The van der Waals surface area contributed by atoms with Crippen LogP contribution >= 0.6 is 11.6 Å². The fourth-order valence-corrected chi connectivity index (χ4v) is 4.81. The van der Waals surface area contributed by atoms with Gasteiger partial charge in [0.25, 0.3) is 11.8 Å². The molecule has 1 atom stereocenters. The molecule has 0 spiro atoms. The van der Waals surface area contributed by atoms with E-state index in [1.807, 2.05) is 54.7 Å². The minimum absolute atomic E-state index is 0.0312. The Morgan fingerprint density at radius 2 is 1.71 bits per heavy atom. The van der Waals surface area contributed by atoms with Crippen molar-refractivity contribution in [2.24, 2.45) is 0 Å². The predicted molar refractivity (Wildman–Crippen MR) is 129 cm³/mol. The maximum Gasteiger partial charge on any atom is 0.276 e. The first kappa shape index (κ1) is 21.8. The van der Waals surface area contributed by atoms with Gasteiger partial charge < -0.3 is 19.5 Å². The third-order valence-electron chi connectivity index (χ3n) is 6.70. The lowest BCUT2D eigenvalue weighted by molar-refractivity contribution is -0.00202. The number of rotatable bonds is 3. The molecule has 10 heteroatoms. The molecule has 35 heavy (non-hydrogen) atoms. The summed E-state index contributed by atoms with van der Waals surface area (Å²) in [5, 5.41) is 10.1. The number of nitrogens with zero attached hydrogens (tertiary/aromatic N) is 5. The van der Waals surface area contributed by atoms with Crippen molar-refractivity contribution in [2.45, 2.75) is 19.3 Å². The predicted octanol–water partition coefficient (Wildman–Crippen LogP) is 3.28. The van der Waals surface area contributed by atoms with E-state index < -0.39 is 0 Å². The fourth-order valence-electron chi connectivity index (χ4n) is 4.68. The van der Waals surface area contributed by atoms with E-state index in [1.54, 1.807) is 14.5 Å². The molecule has 1 N–H and O–H groups in total. The average Bonchev–Trinajstić information content (AvgIpc) is 3.54. The van der Waals surface area contributed by atoms with E-state index in [1.165, 1.54) is 0 Å². The topological polar surface area (TPSA) is 96.4 Å². The molecule has 0 radical (unpaired) electrons. The van der Waals surface area contributed by atoms with Gasteiger partial charge in [0.15, 0.2) is 5.69 Å². The van der Waals surface area contributed by atoms with Gasteiger partial charge in [-0.1, -0.05) is 35.0 Å². The van der Waals surface area contributed by atoms with Gasteiger partial charge in [0.1, 0.15) is 6.10 Å². The zero-order valence-corrected chi connectivity index (χ0v) is 19.6. The van der Waals surface area contributed by atoms with Crippen molar-refractivity contribution in [3.8, 4) is 0 Å². The molecule has 2 aromatic carbocycles. The lowest BCUT2D eigenvalue weighted by Gasteiger charge is -2.34. The van der Waals surface area contributed by atoms with Crippen molar-refractivity contribution in [1.29, 1.82) is 0 Å². The number of aromatic amines is 1. The molecule has 2 amide bonds. The Morgan fingerprint density at radius 1 is 0.971 bits per heavy atom. The number of piperazine rings is 1. The van der Waals surface area contributed by atoms with Gasteiger partial charge in [0.2, 0.25) is 0 Å². The van der Waals surface area contributed by atoms with Crippen molar-refractivity contribution < 1.29 is 14.3 Å². The van der Waals surface area contributed by atoms with Gasteiger partial charge in [-0.3, -0.25) is 9.59 Å². The van der Waals surface area contributed by atoms with Gasteiger partial charge in [0, 0.05) is 48.5 Å². The van der Waals surface area contributed by atoms with E-state index in [0.717, 1.165) is 16.5 Å². The van der Waals surface area contributed by atoms with Gasteiger partial charge in [-0.15, -0.1) is 5.10 Å². The number of aromatic nitrogens is 4. The van der Waals surface area contributed by atoms with Gasteiger partial charge in [-0.2, -0.15) is 0 Å². The number of benzene rings is 2. The molecule has 0 unspecified atom stereocenters. The smallest absolute Gasteiger partial charge is 0.276 e. The zero-order valence-electron chi connectivity index (χ0n) is 18.9. The van der Waals surface area contributed by atoms with Crippen LogP contribution in [0.4, 0.5) is 0 Å². The summed E-state index contributed by atoms with van der Waals surface area (Å²) in [5.41, 5.74) is 3.57. The number of carbonyl (C=O) groups excluding carboxylic acids is 2. The SMILES string of the molecule is O=C(c1ccc2cc[nH]c2c1)N1CCN(C(=O)c2nnn3c2CO[C@@H](c2ccc(Cl)cc2)C3)CC1. The number of carbonyl (C=O) groups is 2. The number of nitrogens with one attached hydrogen (secondary N) is 1. The first-order valence-corrected chi connectivity index (χ1v) is 11.9. The lowest BCUT2D eigenvalue weighted by Crippen LogP contribution is -2.50. The van der Waals surface area contributed by atoms with Gasteiger partial charge in [-0.25, -0.2) is 4.68 Å². The highest BCUT2D eigenvalue weighted by Crippen LogP contribution is 2.28. The molecule has 1 saturated heterocycles. The first-order valence-electron chi connectivity index (χ1n) is 11.5. The maximum absolute atomic E-state index is 13.2. The van der Waals surface area contributed by atoms with Crippen LogP contribution in [0.3, 0.4) is 0 Å². The number of amides is 2. The second-order valence-corrected chi connectivity index (χ2v) is 9.22. The Bertz CT molecular complexity index is 1400.